The number of aryl methyl sites for hydroxylation is 1. The lowest BCUT2D eigenvalue weighted by molar-refractivity contribution is -0.137. The van der Waals surface area contributed by atoms with Gasteiger partial charge in [0.15, 0.2) is 0 Å². The van der Waals surface area contributed by atoms with Crippen LogP contribution in [0.15, 0.2) is 60.8 Å². The number of nitrogens with zero attached hydrogens (tertiary/aromatic N) is 2. The molecule has 1 heterocycles. The second-order valence-corrected chi connectivity index (χ2v) is 5.31. The SMILES string of the molecule is Cc1ccc(Nc2ncc(C(F)(F)F)c(-c3ccccc3)n2)cc1. The van der Waals surface area contributed by atoms with Crippen LogP contribution in [0.2, 0.25) is 0 Å². The third kappa shape index (κ3) is 3.53. The van der Waals surface area contributed by atoms with E-state index in [2.05, 4.69) is 15.3 Å². The number of anilines is 2. The van der Waals surface area contributed by atoms with Gasteiger partial charge in [0.2, 0.25) is 5.95 Å². The van der Waals surface area contributed by atoms with Gasteiger partial charge >= 0.3 is 6.18 Å². The van der Waals surface area contributed by atoms with Gasteiger partial charge in [0, 0.05) is 17.4 Å². The molecule has 2 aromatic carbocycles. The molecule has 0 saturated heterocycles. The van der Waals surface area contributed by atoms with Gasteiger partial charge in [0.25, 0.3) is 0 Å². The second kappa shape index (κ2) is 6.31. The number of hydrogen-bond donors (Lipinski definition) is 1. The number of halogens is 3. The largest absolute Gasteiger partial charge is 0.419 e. The van der Waals surface area contributed by atoms with E-state index in [1.54, 1.807) is 30.3 Å². The van der Waals surface area contributed by atoms with Gasteiger partial charge < -0.3 is 5.32 Å². The van der Waals surface area contributed by atoms with Crippen molar-refractivity contribution in [1.82, 2.24) is 9.97 Å². The minimum absolute atomic E-state index is 0.116. The van der Waals surface area contributed by atoms with Crippen LogP contribution in [0, 0.1) is 6.92 Å². The number of rotatable bonds is 3. The molecule has 0 bridgehead atoms. The normalized spacial score (nSPS) is 11.3. The van der Waals surface area contributed by atoms with E-state index in [4.69, 9.17) is 0 Å². The third-order valence-electron chi connectivity index (χ3n) is 3.45. The molecule has 0 unspecified atom stereocenters. The Labute approximate surface area is 137 Å². The Hall–Kier alpha value is -2.89. The lowest BCUT2D eigenvalue weighted by atomic mass is 10.1. The minimum atomic E-state index is -4.52. The summed E-state index contributed by atoms with van der Waals surface area (Å²) in [5.74, 6) is 0.116. The molecule has 0 amide bonds. The Morgan fingerprint density at radius 1 is 0.917 bits per heavy atom. The van der Waals surface area contributed by atoms with Gasteiger partial charge in [-0.2, -0.15) is 13.2 Å². The maximum absolute atomic E-state index is 13.2. The average Bonchev–Trinajstić information content (AvgIpc) is 2.57. The maximum atomic E-state index is 13.2. The molecular formula is C18H14F3N3. The van der Waals surface area contributed by atoms with Crippen molar-refractivity contribution in [1.29, 1.82) is 0 Å². The summed E-state index contributed by atoms with van der Waals surface area (Å²) in [5, 5.41) is 2.93. The highest BCUT2D eigenvalue weighted by atomic mass is 19.4. The molecule has 3 aromatic rings. The molecule has 0 atom stereocenters. The van der Waals surface area contributed by atoms with Crippen LogP contribution < -0.4 is 5.32 Å². The van der Waals surface area contributed by atoms with E-state index in [1.165, 1.54) is 0 Å². The van der Waals surface area contributed by atoms with Crippen LogP contribution in [0.25, 0.3) is 11.3 Å². The first-order valence-electron chi connectivity index (χ1n) is 7.27. The summed E-state index contributed by atoms with van der Waals surface area (Å²) in [7, 11) is 0. The molecular weight excluding hydrogens is 315 g/mol. The average molecular weight is 329 g/mol. The summed E-state index contributed by atoms with van der Waals surface area (Å²) >= 11 is 0. The summed E-state index contributed by atoms with van der Waals surface area (Å²) in [6, 6.07) is 15.7. The third-order valence-corrected chi connectivity index (χ3v) is 3.45. The zero-order valence-electron chi connectivity index (χ0n) is 12.8. The molecule has 0 spiro atoms. The first-order chi connectivity index (χ1) is 11.4. The monoisotopic (exact) mass is 329 g/mol. The minimum Gasteiger partial charge on any atom is -0.324 e. The Kier molecular flexibility index (Phi) is 4.20. The fourth-order valence-electron chi connectivity index (χ4n) is 2.23. The van der Waals surface area contributed by atoms with Crippen molar-refractivity contribution in [2.24, 2.45) is 0 Å². The quantitative estimate of drug-likeness (QED) is 0.716. The van der Waals surface area contributed by atoms with Gasteiger partial charge in [0.1, 0.15) is 5.56 Å². The van der Waals surface area contributed by atoms with E-state index in [-0.39, 0.29) is 11.6 Å². The van der Waals surface area contributed by atoms with Crippen LogP contribution in [0.5, 0.6) is 0 Å². The van der Waals surface area contributed by atoms with Crippen LogP contribution in [0.1, 0.15) is 11.1 Å². The second-order valence-electron chi connectivity index (χ2n) is 5.31. The molecule has 24 heavy (non-hydrogen) atoms. The summed E-state index contributed by atoms with van der Waals surface area (Å²) in [5.41, 5.74) is 1.17. The highest BCUT2D eigenvalue weighted by Gasteiger charge is 2.35. The summed E-state index contributed by atoms with van der Waals surface area (Å²) in [4.78, 5) is 7.89. The van der Waals surface area contributed by atoms with Gasteiger partial charge in [0.05, 0.1) is 5.69 Å². The standard InChI is InChI=1S/C18H14F3N3/c1-12-7-9-14(10-8-12)23-17-22-11-15(18(19,20)21)16(24-17)13-5-3-2-4-6-13/h2-11H,1H3,(H,22,23,24). The Morgan fingerprint density at radius 2 is 1.58 bits per heavy atom. The molecule has 0 aliphatic heterocycles. The van der Waals surface area contributed by atoms with E-state index in [0.29, 0.717) is 11.3 Å². The van der Waals surface area contributed by atoms with E-state index in [9.17, 15) is 13.2 Å². The van der Waals surface area contributed by atoms with Crippen molar-refractivity contribution in [2.75, 3.05) is 5.32 Å². The lowest BCUT2D eigenvalue weighted by Crippen LogP contribution is -2.11. The van der Waals surface area contributed by atoms with Crippen LogP contribution in [0.4, 0.5) is 24.8 Å². The number of benzene rings is 2. The summed E-state index contributed by atoms with van der Waals surface area (Å²) in [6.45, 7) is 1.95. The summed E-state index contributed by atoms with van der Waals surface area (Å²) in [6.07, 6.45) is -3.71. The fourth-order valence-corrected chi connectivity index (χ4v) is 2.23. The molecule has 6 heteroatoms. The fraction of sp³-hybridized carbons (Fsp3) is 0.111. The van der Waals surface area contributed by atoms with Crippen molar-refractivity contribution in [3.63, 3.8) is 0 Å². The molecule has 3 rings (SSSR count). The van der Waals surface area contributed by atoms with Crippen molar-refractivity contribution < 1.29 is 13.2 Å². The van der Waals surface area contributed by atoms with Crippen LogP contribution in [-0.2, 0) is 6.18 Å². The van der Waals surface area contributed by atoms with Gasteiger partial charge in [-0.15, -0.1) is 0 Å². The van der Waals surface area contributed by atoms with Crippen LogP contribution >= 0.6 is 0 Å². The predicted octanol–water partition coefficient (Wildman–Crippen LogP) is 5.21. The van der Waals surface area contributed by atoms with E-state index < -0.39 is 11.7 Å². The van der Waals surface area contributed by atoms with Crippen molar-refractivity contribution in [2.45, 2.75) is 13.1 Å². The molecule has 122 valence electrons. The van der Waals surface area contributed by atoms with Gasteiger partial charge in [-0.3, -0.25) is 0 Å². The smallest absolute Gasteiger partial charge is 0.324 e. The zero-order chi connectivity index (χ0) is 17.2. The highest BCUT2D eigenvalue weighted by Crippen LogP contribution is 2.36. The summed E-state index contributed by atoms with van der Waals surface area (Å²) < 4.78 is 39.7. The van der Waals surface area contributed by atoms with Crippen LogP contribution in [0.3, 0.4) is 0 Å². The zero-order valence-corrected chi connectivity index (χ0v) is 12.8. The van der Waals surface area contributed by atoms with E-state index >= 15 is 0 Å². The Morgan fingerprint density at radius 3 is 2.21 bits per heavy atom. The molecule has 0 aliphatic carbocycles. The molecule has 3 nitrogen and oxygen atoms in total. The number of aromatic nitrogens is 2. The first kappa shape index (κ1) is 16.0. The number of alkyl halides is 3. The van der Waals surface area contributed by atoms with Crippen molar-refractivity contribution in [3.05, 3.63) is 71.9 Å². The van der Waals surface area contributed by atoms with Gasteiger partial charge in [-0.05, 0) is 19.1 Å². The molecule has 0 saturated carbocycles. The molecule has 1 aromatic heterocycles. The van der Waals surface area contributed by atoms with Crippen molar-refractivity contribution >= 4 is 11.6 Å². The topological polar surface area (TPSA) is 37.8 Å². The Balaban J connectivity index is 2.02. The highest BCUT2D eigenvalue weighted by molar-refractivity contribution is 5.66. The number of nitrogens with one attached hydrogen (secondary N) is 1. The lowest BCUT2D eigenvalue weighted by Gasteiger charge is -2.13. The maximum Gasteiger partial charge on any atom is 0.419 e. The predicted molar refractivity (Wildman–Crippen MR) is 86.9 cm³/mol. The molecule has 1 N–H and O–H groups in total. The molecule has 0 aliphatic rings. The van der Waals surface area contributed by atoms with Gasteiger partial charge in [-0.25, -0.2) is 9.97 Å². The first-order valence-corrected chi connectivity index (χ1v) is 7.27. The number of hydrogen-bond acceptors (Lipinski definition) is 3. The van der Waals surface area contributed by atoms with Gasteiger partial charge in [-0.1, -0.05) is 48.0 Å². The molecule has 0 radical (unpaired) electrons. The van der Waals surface area contributed by atoms with E-state index in [1.807, 2.05) is 31.2 Å². The molecule has 0 fully saturated rings. The van der Waals surface area contributed by atoms with E-state index in [0.717, 1.165) is 11.8 Å². The Bertz CT molecular complexity index is 828. The van der Waals surface area contributed by atoms with Crippen molar-refractivity contribution in [3.8, 4) is 11.3 Å². The van der Waals surface area contributed by atoms with Crippen LogP contribution in [-0.4, -0.2) is 9.97 Å².